The largest absolute Gasteiger partial charge is 0.482 e. The molecule has 0 spiro atoms. The van der Waals surface area contributed by atoms with E-state index in [9.17, 15) is 9.59 Å². The van der Waals surface area contributed by atoms with Crippen LogP contribution in [0, 0.1) is 0 Å². The van der Waals surface area contributed by atoms with Crippen LogP contribution in [-0.4, -0.2) is 25.0 Å². The Kier molecular flexibility index (Phi) is 4.14. The molecule has 2 aromatic rings. The summed E-state index contributed by atoms with van der Waals surface area (Å²) in [5, 5.41) is 2.81. The van der Waals surface area contributed by atoms with Crippen molar-refractivity contribution in [2.24, 2.45) is 0 Å². The molecule has 0 aliphatic carbocycles. The zero-order chi connectivity index (χ0) is 17.2. The summed E-state index contributed by atoms with van der Waals surface area (Å²) in [6, 6.07) is 13.8. The van der Waals surface area contributed by atoms with E-state index in [2.05, 4.69) is 11.4 Å². The first-order chi connectivity index (χ1) is 12.2. The van der Waals surface area contributed by atoms with Gasteiger partial charge >= 0.3 is 0 Å². The summed E-state index contributed by atoms with van der Waals surface area (Å²) in [6.45, 7) is 0.836. The van der Waals surface area contributed by atoms with Crippen molar-refractivity contribution < 1.29 is 14.3 Å². The summed E-state index contributed by atoms with van der Waals surface area (Å²) >= 11 is 0. The molecule has 5 heteroatoms. The Morgan fingerprint density at radius 3 is 3.00 bits per heavy atom. The number of carbonyl (C=O) groups is 2. The van der Waals surface area contributed by atoms with Crippen LogP contribution >= 0.6 is 0 Å². The molecule has 0 radical (unpaired) electrons. The van der Waals surface area contributed by atoms with Gasteiger partial charge in [0.25, 0.3) is 5.91 Å². The summed E-state index contributed by atoms with van der Waals surface area (Å²) in [5.74, 6) is 0.676. The lowest BCUT2D eigenvalue weighted by molar-refractivity contribution is -0.119. The zero-order valence-electron chi connectivity index (χ0n) is 14.0. The lowest BCUT2D eigenvalue weighted by atomic mass is 10.0. The lowest BCUT2D eigenvalue weighted by Crippen LogP contribution is -2.35. The van der Waals surface area contributed by atoms with Crippen molar-refractivity contribution in [1.82, 2.24) is 0 Å². The molecule has 128 valence electrons. The molecule has 0 atom stereocenters. The van der Waals surface area contributed by atoms with Gasteiger partial charge in [0.1, 0.15) is 5.75 Å². The number of carbonyl (C=O) groups excluding carboxylic acids is 2. The molecule has 2 aromatic carbocycles. The molecule has 5 nitrogen and oxygen atoms in total. The average Bonchev–Trinajstić information content (AvgIpc) is 2.65. The Hall–Kier alpha value is -2.82. The molecule has 0 unspecified atom stereocenters. The van der Waals surface area contributed by atoms with Crippen molar-refractivity contribution in [3.63, 3.8) is 0 Å². The van der Waals surface area contributed by atoms with Gasteiger partial charge in [-0.3, -0.25) is 9.59 Å². The number of rotatable bonds is 3. The van der Waals surface area contributed by atoms with E-state index in [0.717, 1.165) is 30.6 Å². The van der Waals surface area contributed by atoms with Crippen molar-refractivity contribution in [3.8, 4) is 5.75 Å². The smallest absolute Gasteiger partial charge is 0.262 e. The van der Waals surface area contributed by atoms with E-state index in [4.69, 9.17) is 4.74 Å². The van der Waals surface area contributed by atoms with Crippen LogP contribution in [0.4, 0.5) is 11.4 Å². The fourth-order valence-electron chi connectivity index (χ4n) is 3.46. The summed E-state index contributed by atoms with van der Waals surface area (Å²) in [6.07, 6.45) is 3.12. The Labute approximate surface area is 146 Å². The third-order valence-corrected chi connectivity index (χ3v) is 4.72. The Balaban J connectivity index is 1.45. The molecule has 0 aromatic heterocycles. The number of nitrogens with zero attached hydrogens (tertiary/aromatic N) is 1. The maximum Gasteiger partial charge on any atom is 0.262 e. The van der Waals surface area contributed by atoms with Gasteiger partial charge in [0.05, 0.1) is 5.69 Å². The molecule has 2 aliphatic heterocycles. The molecule has 0 bridgehead atoms. The van der Waals surface area contributed by atoms with Gasteiger partial charge in [-0.2, -0.15) is 0 Å². The van der Waals surface area contributed by atoms with Gasteiger partial charge in [0, 0.05) is 18.7 Å². The Bertz CT molecular complexity index is 831. The second-order valence-corrected chi connectivity index (χ2v) is 6.45. The molecule has 2 heterocycles. The highest BCUT2D eigenvalue weighted by Gasteiger charge is 2.22. The molecule has 2 amide bonds. The Morgan fingerprint density at radius 1 is 1.20 bits per heavy atom. The number of para-hydroxylation sites is 1. The number of ether oxygens (including phenoxy) is 1. The van der Waals surface area contributed by atoms with Crippen molar-refractivity contribution in [1.29, 1.82) is 0 Å². The van der Waals surface area contributed by atoms with Crippen LogP contribution in [-0.2, 0) is 22.4 Å². The highest BCUT2D eigenvalue weighted by molar-refractivity contribution is 5.96. The summed E-state index contributed by atoms with van der Waals surface area (Å²) in [4.78, 5) is 26.0. The van der Waals surface area contributed by atoms with Crippen molar-refractivity contribution in [2.75, 3.05) is 23.4 Å². The quantitative estimate of drug-likeness (QED) is 0.937. The molecular weight excluding hydrogens is 316 g/mol. The van der Waals surface area contributed by atoms with E-state index >= 15 is 0 Å². The van der Waals surface area contributed by atoms with E-state index in [1.54, 1.807) is 0 Å². The van der Waals surface area contributed by atoms with E-state index in [-0.39, 0.29) is 18.4 Å². The van der Waals surface area contributed by atoms with Crippen LogP contribution < -0.4 is 15.0 Å². The number of anilines is 2. The normalized spacial score (nSPS) is 15.7. The second kappa shape index (κ2) is 6.59. The van der Waals surface area contributed by atoms with Crippen molar-refractivity contribution in [3.05, 3.63) is 53.6 Å². The molecule has 0 saturated carbocycles. The number of aryl methyl sites for hydroxylation is 2. The third-order valence-electron chi connectivity index (χ3n) is 4.72. The standard InChI is InChI=1S/C20H20N2O3/c23-19-13-25-18-9-7-14(12-16(18)21-19)8-10-20(24)22-11-3-5-15-4-1-2-6-17(15)22/h1-2,4,6-7,9,12H,3,5,8,10-11,13H2,(H,21,23). The molecule has 0 saturated heterocycles. The third kappa shape index (κ3) is 3.22. The number of nitrogens with one attached hydrogen (secondary N) is 1. The van der Waals surface area contributed by atoms with Crippen LogP contribution in [0.1, 0.15) is 24.0 Å². The summed E-state index contributed by atoms with van der Waals surface area (Å²) < 4.78 is 5.36. The predicted molar refractivity (Wildman–Crippen MR) is 96.0 cm³/mol. The van der Waals surface area contributed by atoms with E-state index < -0.39 is 0 Å². The maximum absolute atomic E-state index is 12.7. The van der Waals surface area contributed by atoms with Gasteiger partial charge in [-0.05, 0) is 48.6 Å². The highest BCUT2D eigenvalue weighted by Crippen LogP contribution is 2.30. The monoisotopic (exact) mass is 336 g/mol. The predicted octanol–water partition coefficient (Wildman–Crippen LogP) is 2.93. The van der Waals surface area contributed by atoms with Crippen LogP contribution in [0.2, 0.25) is 0 Å². The first-order valence-electron chi connectivity index (χ1n) is 8.64. The topological polar surface area (TPSA) is 58.6 Å². The Morgan fingerprint density at radius 2 is 2.08 bits per heavy atom. The number of hydrogen-bond acceptors (Lipinski definition) is 3. The summed E-state index contributed by atoms with van der Waals surface area (Å²) in [5.41, 5.74) is 3.99. The van der Waals surface area contributed by atoms with Gasteiger partial charge in [-0.1, -0.05) is 24.3 Å². The van der Waals surface area contributed by atoms with Gasteiger partial charge < -0.3 is 15.0 Å². The van der Waals surface area contributed by atoms with Gasteiger partial charge in [0.15, 0.2) is 6.61 Å². The fraction of sp³-hybridized carbons (Fsp3) is 0.300. The summed E-state index contributed by atoms with van der Waals surface area (Å²) in [7, 11) is 0. The van der Waals surface area contributed by atoms with E-state index in [1.807, 2.05) is 41.3 Å². The number of fused-ring (bicyclic) bond motifs is 2. The molecule has 0 fully saturated rings. The maximum atomic E-state index is 12.7. The first kappa shape index (κ1) is 15.7. The van der Waals surface area contributed by atoms with Crippen molar-refractivity contribution >= 4 is 23.2 Å². The first-order valence-corrected chi connectivity index (χ1v) is 8.64. The van der Waals surface area contributed by atoms with Crippen LogP contribution in [0.25, 0.3) is 0 Å². The van der Waals surface area contributed by atoms with Crippen LogP contribution in [0.5, 0.6) is 5.75 Å². The number of benzene rings is 2. The number of amides is 2. The van der Waals surface area contributed by atoms with Crippen molar-refractivity contribution in [2.45, 2.75) is 25.7 Å². The van der Waals surface area contributed by atoms with Crippen LogP contribution in [0.15, 0.2) is 42.5 Å². The molecule has 2 aliphatic rings. The zero-order valence-corrected chi connectivity index (χ0v) is 14.0. The average molecular weight is 336 g/mol. The highest BCUT2D eigenvalue weighted by atomic mass is 16.5. The molecule has 4 rings (SSSR count). The van der Waals surface area contributed by atoms with E-state index in [1.165, 1.54) is 5.56 Å². The minimum Gasteiger partial charge on any atom is -0.482 e. The minimum atomic E-state index is -0.148. The lowest BCUT2D eigenvalue weighted by Gasteiger charge is -2.29. The molecule has 25 heavy (non-hydrogen) atoms. The molecule has 1 N–H and O–H groups in total. The minimum absolute atomic E-state index is 0.0548. The second-order valence-electron chi connectivity index (χ2n) is 6.45. The number of hydrogen-bond donors (Lipinski definition) is 1. The van der Waals surface area contributed by atoms with Gasteiger partial charge in [0.2, 0.25) is 5.91 Å². The van der Waals surface area contributed by atoms with Crippen LogP contribution in [0.3, 0.4) is 0 Å². The SMILES string of the molecule is O=C1COc2ccc(CCC(=O)N3CCCc4ccccc43)cc2N1. The van der Waals surface area contributed by atoms with E-state index in [0.29, 0.717) is 24.3 Å². The van der Waals surface area contributed by atoms with Gasteiger partial charge in [-0.25, -0.2) is 0 Å². The molecular formula is C20H20N2O3. The van der Waals surface area contributed by atoms with Gasteiger partial charge in [-0.15, -0.1) is 0 Å². The fourth-order valence-corrected chi connectivity index (χ4v) is 3.46.